The van der Waals surface area contributed by atoms with Gasteiger partial charge in [0.2, 0.25) is 0 Å². The molecule has 0 aromatic carbocycles. The molecule has 1 atom stereocenters. The number of rotatable bonds is 8. The smallest absolute Gasteiger partial charge is 0.456 e. The van der Waals surface area contributed by atoms with Crippen LogP contribution in [0.3, 0.4) is 0 Å². The van der Waals surface area contributed by atoms with Crippen LogP contribution in [0.1, 0.15) is 48.0 Å². The van der Waals surface area contributed by atoms with Crippen molar-refractivity contribution in [2.45, 2.75) is 65.5 Å². The minimum Gasteiger partial charge on any atom is -0.456 e. The highest BCUT2D eigenvalue weighted by atomic mass is 31.2. The second kappa shape index (κ2) is 7.03. The number of carbonyl (C=O) groups is 1. The lowest BCUT2D eigenvalue weighted by Gasteiger charge is -2.33. The van der Waals surface area contributed by atoms with Crippen LogP contribution >= 0.6 is 7.82 Å². The van der Waals surface area contributed by atoms with E-state index in [9.17, 15) is 9.36 Å². The maximum atomic E-state index is 11.5. The normalized spacial score (nSPS) is 14.7. The van der Waals surface area contributed by atoms with Crippen molar-refractivity contribution in [1.82, 2.24) is 0 Å². The lowest BCUT2D eigenvalue weighted by Crippen LogP contribution is -2.37. The van der Waals surface area contributed by atoms with Gasteiger partial charge in [-0.2, -0.15) is 0 Å². The van der Waals surface area contributed by atoms with Crippen LogP contribution in [0.25, 0.3) is 0 Å². The molecule has 1 unspecified atom stereocenters. The average Bonchev–Trinajstić information content (AvgIpc) is 2.08. The number of ether oxygens (including phenoxy) is 2. The first-order valence-corrected chi connectivity index (χ1v) is 7.99. The van der Waals surface area contributed by atoms with Crippen molar-refractivity contribution in [1.29, 1.82) is 0 Å². The summed E-state index contributed by atoms with van der Waals surface area (Å²) in [6.45, 7) is 13.0. The lowest BCUT2D eigenvalue weighted by atomic mass is 10.0. The molecule has 2 N–H and O–H groups in total. The fraction of sp³-hybridized carbons (Fsp3) is 0.769. The summed E-state index contributed by atoms with van der Waals surface area (Å²) in [6, 6.07) is 0. The van der Waals surface area contributed by atoms with Crippen molar-refractivity contribution in [2.24, 2.45) is 0 Å². The highest BCUT2D eigenvalue weighted by Crippen LogP contribution is 2.42. The number of carbonyl (C=O) groups excluding carboxylic acids is 1. The van der Waals surface area contributed by atoms with Gasteiger partial charge in [0, 0.05) is 12.0 Å². The van der Waals surface area contributed by atoms with Gasteiger partial charge in [-0.1, -0.05) is 6.58 Å². The quantitative estimate of drug-likeness (QED) is 0.306. The van der Waals surface area contributed by atoms with Crippen LogP contribution in [0.2, 0.25) is 0 Å². The van der Waals surface area contributed by atoms with Gasteiger partial charge in [0.15, 0.2) is 5.79 Å². The van der Waals surface area contributed by atoms with E-state index >= 15 is 0 Å². The molecule has 0 aliphatic rings. The van der Waals surface area contributed by atoms with Crippen molar-refractivity contribution in [2.75, 3.05) is 0 Å². The summed E-state index contributed by atoms with van der Waals surface area (Å²) >= 11 is 0. The van der Waals surface area contributed by atoms with Crippen LogP contribution in [0.5, 0.6) is 0 Å². The summed E-state index contributed by atoms with van der Waals surface area (Å²) in [4.78, 5) is 29.1. The topological polar surface area (TPSA) is 102 Å². The van der Waals surface area contributed by atoms with Gasteiger partial charge >= 0.3 is 13.8 Å². The molecule has 21 heavy (non-hydrogen) atoms. The van der Waals surface area contributed by atoms with Crippen molar-refractivity contribution in [3.63, 3.8) is 0 Å². The third kappa shape index (κ3) is 9.77. The van der Waals surface area contributed by atoms with E-state index < -0.39 is 31.3 Å². The van der Waals surface area contributed by atoms with E-state index in [0.29, 0.717) is 12.0 Å². The van der Waals surface area contributed by atoms with Gasteiger partial charge in [0.25, 0.3) is 0 Å². The van der Waals surface area contributed by atoms with Crippen LogP contribution in [-0.4, -0.2) is 33.2 Å². The predicted molar refractivity (Wildman–Crippen MR) is 77.4 cm³/mol. The fourth-order valence-electron chi connectivity index (χ4n) is 1.91. The van der Waals surface area contributed by atoms with Crippen LogP contribution in [0, 0.1) is 0 Å². The number of hydrogen-bond acceptors (Lipinski definition) is 5. The largest absolute Gasteiger partial charge is 0.472 e. The van der Waals surface area contributed by atoms with E-state index in [1.807, 2.05) is 0 Å². The third-order valence-electron chi connectivity index (χ3n) is 2.32. The molecule has 7 nitrogen and oxygen atoms in total. The van der Waals surface area contributed by atoms with E-state index in [1.54, 1.807) is 27.7 Å². The summed E-state index contributed by atoms with van der Waals surface area (Å²) in [5.41, 5.74) is -0.519. The standard InChI is InChI=1S/C13H25O7P/c1-9(2)11(14)19-12(4,5)8-10(3)18-13(6,7)20-21(15,16)17/h10H,1,8H2,2-7H3,(H2,15,16,17). The molecular weight excluding hydrogens is 299 g/mol. The molecule has 0 bridgehead atoms. The Bertz CT molecular complexity index is 436. The van der Waals surface area contributed by atoms with E-state index in [1.165, 1.54) is 13.8 Å². The molecule has 0 amide bonds. The Morgan fingerprint density at radius 2 is 1.76 bits per heavy atom. The minimum atomic E-state index is -4.65. The molecular formula is C13H25O7P. The molecule has 0 spiro atoms. The monoisotopic (exact) mass is 324 g/mol. The Morgan fingerprint density at radius 1 is 1.29 bits per heavy atom. The summed E-state index contributed by atoms with van der Waals surface area (Å²) in [7, 11) is -4.65. The van der Waals surface area contributed by atoms with Gasteiger partial charge in [0.1, 0.15) is 5.60 Å². The Hall–Kier alpha value is -0.720. The molecule has 0 fully saturated rings. The lowest BCUT2D eigenvalue weighted by molar-refractivity contribution is -0.202. The maximum Gasteiger partial charge on any atom is 0.472 e. The fourth-order valence-corrected chi connectivity index (χ4v) is 2.52. The zero-order valence-corrected chi connectivity index (χ0v) is 14.3. The van der Waals surface area contributed by atoms with Gasteiger partial charge in [-0.15, -0.1) is 0 Å². The zero-order chi connectivity index (χ0) is 17.1. The SMILES string of the molecule is C=C(C)C(=O)OC(C)(C)CC(C)OC(C)(C)OP(=O)(O)O. The molecule has 0 heterocycles. The van der Waals surface area contributed by atoms with Crippen molar-refractivity contribution < 1.29 is 33.1 Å². The van der Waals surface area contributed by atoms with Crippen LogP contribution in [-0.2, 0) is 23.4 Å². The summed E-state index contributed by atoms with van der Waals surface area (Å²) in [5, 5.41) is 0. The number of hydrogen-bond donors (Lipinski definition) is 2. The zero-order valence-electron chi connectivity index (χ0n) is 13.4. The van der Waals surface area contributed by atoms with Crippen LogP contribution in [0.4, 0.5) is 0 Å². The Balaban J connectivity index is 4.61. The Morgan fingerprint density at radius 3 is 2.14 bits per heavy atom. The molecule has 0 rings (SSSR count). The van der Waals surface area contributed by atoms with Gasteiger partial charge in [-0.05, 0) is 41.5 Å². The van der Waals surface area contributed by atoms with E-state index in [0.717, 1.165) is 0 Å². The Labute approximate surface area is 125 Å². The van der Waals surface area contributed by atoms with Gasteiger partial charge in [-0.3, -0.25) is 4.52 Å². The third-order valence-corrected chi connectivity index (χ3v) is 3.00. The predicted octanol–water partition coefficient (Wildman–Crippen LogP) is 2.52. The molecule has 0 aliphatic heterocycles. The molecule has 0 radical (unpaired) electrons. The molecule has 0 aliphatic carbocycles. The molecule has 0 aromatic heterocycles. The van der Waals surface area contributed by atoms with Crippen LogP contribution in [0.15, 0.2) is 12.2 Å². The van der Waals surface area contributed by atoms with Crippen molar-refractivity contribution in [3.8, 4) is 0 Å². The first kappa shape index (κ1) is 20.3. The Kier molecular flexibility index (Phi) is 6.79. The average molecular weight is 324 g/mol. The van der Waals surface area contributed by atoms with Crippen LogP contribution < -0.4 is 0 Å². The van der Waals surface area contributed by atoms with Gasteiger partial charge in [-0.25, -0.2) is 9.36 Å². The van der Waals surface area contributed by atoms with Gasteiger partial charge in [0.05, 0.1) is 6.10 Å². The maximum absolute atomic E-state index is 11.5. The highest BCUT2D eigenvalue weighted by molar-refractivity contribution is 7.46. The minimum absolute atomic E-state index is 0.293. The number of esters is 1. The first-order chi connectivity index (χ1) is 9.14. The number of phosphoric ester groups is 1. The molecule has 0 saturated carbocycles. The van der Waals surface area contributed by atoms with E-state index in [-0.39, 0.29) is 0 Å². The molecule has 0 saturated heterocycles. The van der Waals surface area contributed by atoms with Crippen molar-refractivity contribution >= 4 is 13.8 Å². The summed E-state index contributed by atoms with van der Waals surface area (Å²) in [5.74, 6) is -1.97. The second-order valence-corrected chi connectivity index (χ2v) is 7.21. The van der Waals surface area contributed by atoms with Gasteiger partial charge < -0.3 is 19.3 Å². The summed E-state index contributed by atoms with van der Waals surface area (Å²) in [6.07, 6.45) is -0.139. The highest BCUT2D eigenvalue weighted by Gasteiger charge is 2.34. The first-order valence-electron chi connectivity index (χ1n) is 6.46. The second-order valence-electron chi connectivity index (χ2n) is 6.04. The molecule has 124 valence electrons. The van der Waals surface area contributed by atoms with E-state index in [4.69, 9.17) is 19.3 Å². The number of phosphoric acid groups is 1. The van der Waals surface area contributed by atoms with E-state index in [2.05, 4.69) is 11.1 Å². The summed E-state index contributed by atoms with van der Waals surface area (Å²) < 4.78 is 26.1. The molecule has 8 heteroatoms. The molecule has 0 aromatic rings. The van der Waals surface area contributed by atoms with Crippen molar-refractivity contribution in [3.05, 3.63) is 12.2 Å².